The average Bonchev–Trinajstić information content (AvgIpc) is 3.14. The van der Waals surface area contributed by atoms with Crippen LogP contribution in [0.1, 0.15) is 24.4 Å². The van der Waals surface area contributed by atoms with Gasteiger partial charge in [-0.3, -0.25) is 9.71 Å². The van der Waals surface area contributed by atoms with Crippen LogP contribution in [-0.4, -0.2) is 57.1 Å². The molecule has 0 aliphatic carbocycles. The molecule has 1 aliphatic heterocycles. The Morgan fingerprint density at radius 3 is 2.39 bits per heavy atom. The molecule has 3 aromatic heterocycles. The van der Waals surface area contributed by atoms with E-state index in [1.165, 1.54) is 6.20 Å². The highest BCUT2D eigenvalue weighted by Crippen LogP contribution is 2.44. The summed E-state index contributed by atoms with van der Waals surface area (Å²) in [6, 6.07) is 11.5. The summed E-state index contributed by atoms with van der Waals surface area (Å²) in [5, 5.41) is 0.346. The predicted octanol–water partition coefficient (Wildman–Crippen LogP) is 4.14. The molecule has 5 rings (SSSR count). The highest BCUT2D eigenvalue weighted by atomic mass is 79.9. The second kappa shape index (κ2) is 9.40. The first-order valence-corrected chi connectivity index (χ1v) is 15.9. The van der Waals surface area contributed by atoms with Gasteiger partial charge >= 0.3 is 0 Å². The summed E-state index contributed by atoms with van der Waals surface area (Å²) in [6.07, 6.45) is 6.57. The zero-order chi connectivity index (χ0) is 25.7. The number of ether oxygens (including phenoxy) is 1. The molecule has 1 saturated heterocycles. The number of nitrogens with zero attached hydrogens (tertiary/aromatic N) is 3. The van der Waals surface area contributed by atoms with E-state index in [1.54, 1.807) is 6.20 Å². The van der Waals surface area contributed by atoms with Gasteiger partial charge in [-0.2, -0.15) is 0 Å². The summed E-state index contributed by atoms with van der Waals surface area (Å²) in [6.45, 7) is 1.21. The van der Waals surface area contributed by atoms with Crippen molar-refractivity contribution in [1.82, 2.24) is 14.5 Å². The number of nitrogens with one attached hydrogen (secondary N) is 1. The Balaban J connectivity index is 1.98. The number of pyridine rings is 2. The van der Waals surface area contributed by atoms with E-state index in [9.17, 15) is 16.8 Å². The van der Waals surface area contributed by atoms with Crippen LogP contribution >= 0.6 is 15.9 Å². The molecule has 1 fully saturated rings. The maximum Gasteiger partial charge on any atom is 0.230 e. The van der Waals surface area contributed by atoms with Crippen LogP contribution in [0.3, 0.4) is 0 Å². The Morgan fingerprint density at radius 1 is 1.06 bits per heavy atom. The van der Waals surface area contributed by atoms with Gasteiger partial charge in [0, 0.05) is 30.1 Å². The molecule has 0 saturated carbocycles. The van der Waals surface area contributed by atoms with E-state index >= 15 is 0 Å². The summed E-state index contributed by atoms with van der Waals surface area (Å²) < 4.78 is 61.3. The maximum atomic E-state index is 13.0. The number of fused-ring (bicyclic) bond motifs is 3. The molecule has 1 N–H and O–H groups in total. The van der Waals surface area contributed by atoms with Crippen LogP contribution in [0.15, 0.2) is 58.2 Å². The molecule has 1 atom stereocenters. The van der Waals surface area contributed by atoms with Crippen LogP contribution in [0.5, 0.6) is 0 Å². The molecule has 4 aromatic rings. The van der Waals surface area contributed by atoms with Crippen molar-refractivity contribution in [3.8, 4) is 0 Å². The summed E-state index contributed by atoms with van der Waals surface area (Å²) in [5.74, 6) is 0.183. The SMILES string of the molecule is CS(=O)(=O)Nc1ncc(S(C)(=O)=O)c2c1c1ncc(Br)cc1n2[C@H](c1ccccc1)C1CCOCC1. The molecule has 0 spiro atoms. The van der Waals surface area contributed by atoms with Crippen LogP contribution in [0.2, 0.25) is 0 Å². The third-order valence-electron chi connectivity index (χ3n) is 6.40. The molecule has 9 nitrogen and oxygen atoms in total. The number of sulfonamides is 1. The third-order valence-corrected chi connectivity index (χ3v) is 8.50. The summed E-state index contributed by atoms with van der Waals surface area (Å²) in [7, 11) is -7.44. The second-order valence-electron chi connectivity index (χ2n) is 9.04. The average molecular weight is 594 g/mol. The standard InChI is InChI=1S/C24H25BrN4O5S2/c1-35(30,31)19-14-27-24(28-36(2,32)33)20-21-18(12-17(25)13-26-21)29(23(19)20)22(15-6-4-3-5-7-15)16-8-10-34-11-9-16/h3-7,12-14,16,22H,8-11H2,1-2H3,(H,27,28)/t22-/m1/s1. The summed E-state index contributed by atoms with van der Waals surface area (Å²) in [5.41, 5.74) is 2.52. The molecule has 190 valence electrons. The van der Waals surface area contributed by atoms with Gasteiger partial charge in [0.15, 0.2) is 15.7 Å². The lowest BCUT2D eigenvalue weighted by Gasteiger charge is -2.33. The summed E-state index contributed by atoms with van der Waals surface area (Å²) in [4.78, 5) is 8.85. The van der Waals surface area contributed by atoms with Gasteiger partial charge in [0.05, 0.1) is 40.4 Å². The number of anilines is 1. The Labute approximate surface area is 218 Å². The smallest absolute Gasteiger partial charge is 0.230 e. The van der Waals surface area contributed by atoms with Crippen molar-refractivity contribution in [3.05, 3.63) is 58.8 Å². The summed E-state index contributed by atoms with van der Waals surface area (Å²) >= 11 is 3.51. The molecular formula is C24H25BrN4O5S2. The minimum Gasteiger partial charge on any atom is -0.381 e. The molecule has 1 aromatic carbocycles. The van der Waals surface area contributed by atoms with Crippen LogP contribution in [0.25, 0.3) is 21.9 Å². The van der Waals surface area contributed by atoms with Gasteiger partial charge in [-0.25, -0.2) is 21.8 Å². The van der Waals surface area contributed by atoms with Crippen LogP contribution in [-0.2, 0) is 24.6 Å². The molecule has 12 heteroatoms. The predicted molar refractivity (Wildman–Crippen MR) is 142 cm³/mol. The van der Waals surface area contributed by atoms with Crippen molar-refractivity contribution in [3.63, 3.8) is 0 Å². The number of halogens is 1. The van der Waals surface area contributed by atoms with Crippen molar-refractivity contribution >= 4 is 63.5 Å². The van der Waals surface area contributed by atoms with Gasteiger partial charge < -0.3 is 9.30 Å². The van der Waals surface area contributed by atoms with Crippen molar-refractivity contribution in [2.45, 2.75) is 23.8 Å². The van der Waals surface area contributed by atoms with Gasteiger partial charge in [-0.05, 0) is 46.3 Å². The van der Waals surface area contributed by atoms with Crippen molar-refractivity contribution in [2.24, 2.45) is 5.92 Å². The number of hydrogen-bond donors (Lipinski definition) is 1. The quantitative estimate of drug-likeness (QED) is 0.357. The van der Waals surface area contributed by atoms with E-state index in [-0.39, 0.29) is 22.7 Å². The van der Waals surface area contributed by atoms with Crippen LogP contribution < -0.4 is 4.72 Å². The van der Waals surface area contributed by atoms with E-state index in [1.807, 2.05) is 41.0 Å². The molecule has 4 heterocycles. The zero-order valence-corrected chi connectivity index (χ0v) is 22.9. The van der Waals surface area contributed by atoms with Crippen molar-refractivity contribution in [2.75, 3.05) is 30.4 Å². The first kappa shape index (κ1) is 25.1. The molecule has 0 unspecified atom stereocenters. The maximum absolute atomic E-state index is 13.0. The number of benzene rings is 1. The van der Waals surface area contributed by atoms with Crippen molar-refractivity contribution < 1.29 is 21.6 Å². The van der Waals surface area contributed by atoms with Crippen LogP contribution in [0.4, 0.5) is 5.82 Å². The van der Waals surface area contributed by atoms with E-state index in [0.29, 0.717) is 39.6 Å². The first-order valence-electron chi connectivity index (χ1n) is 11.3. The minimum atomic E-state index is -3.74. The number of hydrogen-bond acceptors (Lipinski definition) is 7. The van der Waals surface area contributed by atoms with E-state index in [0.717, 1.165) is 30.9 Å². The molecule has 0 bridgehead atoms. The number of sulfone groups is 1. The second-order valence-corrected chi connectivity index (χ2v) is 13.7. The molecule has 0 amide bonds. The fourth-order valence-corrected chi connectivity index (χ4v) is 6.62. The van der Waals surface area contributed by atoms with Gasteiger partial charge in [0.2, 0.25) is 10.0 Å². The zero-order valence-electron chi connectivity index (χ0n) is 19.7. The normalized spacial score (nSPS) is 16.4. The first-order chi connectivity index (χ1) is 17.0. The lowest BCUT2D eigenvalue weighted by molar-refractivity contribution is 0.0552. The van der Waals surface area contributed by atoms with Crippen molar-refractivity contribution in [1.29, 1.82) is 0 Å². The monoisotopic (exact) mass is 592 g/mol. The van der Waals surface area contributed by atoms with E-state index in [4.69, 9.17) is 4.74 Å². The Kier molecular flexibility index (Phi) is 6.56. The topological polar surface area (TPSA) is 120 Å². The van der Waals surface area contributed by atoms with Gasteiger partial charge in [0.25, 0.3) is 0 Å². The minimum absolute atomic E-state index is 0.0127. The van der Waals surface area contributed by atoms with Gasteiger partial charge in [-0.15, -0.1) is 0 Å². The Bertz CT molecular complexity index is 1670. The Hall–Kier alpha value is -2.54. The van der Waals surface area contributed by atoms with Gasteiger partial charge in [0.1, 0.15) is 4.90 Å². The molecule has 1 aliphatic rings. The molecular weight excluding hydrogens is 568 g/mol. The lowest BCUT2D eigenvalue weighted by atomic mass is 9.86. The Morgan fingerprint density at radius 2 is 1.75 bits per heavy atom. The number of aromatic nitrogens is 3. The molecule has 0 radical (unpaired) electrons. The van der Waals surface area contributed by atoms with Gasteiger partial charge in [-0.1, -0.05) is 30.3 Å². The fourth-order valence-electron chi connectivity index (χ4n) is 5.00. The van der Waals surface area contributed by atoms with E-state index in [2.05, 4.69) is 30.6 Å². The highest BCUT2D eigenvalue weighted by Gasteiger charge is 2.33. The third kappa shape index (κ3) is 4.74. The van der Waals surface area contributed by atoms with E-state index < -0.39 is 19.9 Å². The van der Waals surface area contributed by atoms with Crippen LogP contribution in [0, 0.1) is 5.92 Å². The number of rotatable bonds is 6. The highest BCUT2D eigenvalue weighted by molar-refractivity contribution is 9.10. The largest absolute Gasteiger partial charge is 0.381 e. The molecule has 36 heavy (non-hydrogen) atoms. The fraction of sp³-hybridized carbons (Fsp3) is 0.333. The lowest BCUT2D eigenvalue weighted by Crippen LogP contribution is -2.27.